The minimum Gasteiger partial charge on any atom is -0.392 e. The van der Waals surface area contributed by atoms with Crippen molar-refractivity contribution in [3.05, 3.63) is 40.4 Å². The van der Waals surface area contributed by atoms with Crippen molar-refractivity contribution in [1.29, 1.82) is 0 Å². The van der Waals surface area contributed by atoms with Gasteiger partial charge >= 0.3 is 0 Å². The van der Waals surface area contributed by atoms with Gasteiger partial charge in [0.15, 0.2) is 0 Å². The molecular formula is C10H8Cl2N4O. The number of rotatable bonds is 3. The number of para-hydroxylation sites is 1. The molecule has 0 unspecified atom stereocenters. The van der Waals surface area contributed by atoms with Gasteiger partial charge in [-0.3, -0.25) is 0 Å². The number of aromatic nitrogens is 3. The fourth-order valence-corrected chi connectivity index (χ4v) is 1.65. The maximum absolute atomic E-state index is 9.16. The summed E-state index contributed by atoms with van der Waals surface area (Å²) in [6.07, 6.45) is 0. The van der Waals surface area contributed by atoms with Crippen molar-refractivity contribution < 1.29 is 5.11 Å². The molecule has 0 bridgehead atoms. The average Bonchev–Trinajstić information content (AvgIpc) is 2.28. The van der Waals surface area contributed by atoms with Crippen LogP contribution in [-0.2, 0) is 6.61 Å². The first kappa shape index (κ1) is 12.0. The van der Waals surface area contributed by atoms with E-state index in [-0.39, 0.29) is 23.1 Å². The van der Waals surface area contributed by atoms with Crippen LogP contribution in [0.3, 0.4) is 0 Å². The molecule has 7 heteroatoms. The summed E-state index contributed by atoms with van der Waals surface area (Å²) in [5.41, 5.74) is 1.41. The predicted octanol–water partition coefficient (Wildman–Crippen LogP) is 2.41. The van der Waals surface area contributed by atoms with E-state index in [1.165, 1.54) is 0 Å². The fourth-order valence-electron chi connectivity index (χ4n) is 1.28. The first-order chi connectivity index (χ1) is 8.19. The molecule has 1 aromatic carbocycles. The Morgan fingerprint density at radius 2 is 1.71 bits per heavy atom. The number of nitrogens with zero attached hydrogens (tertiary/aromatic N) is 3. The highest BCUT2D eigenvalue weighted by Gasteiger charge is 2.05. The normalized spacial score (nSPS) is 10.3. The second kappa shape index (κ2) is 5.27. The Balaban J connectivity index is 2.31. The fraction of sp³-hybridized carbons (Fsp3) is 0.100. The number of aliphatic hydroxyl groups excluding tert-OH is 1. The molecule has 0 aliphatic carbocycles. The highest BCUT2D eigenvalue weighted by atomic mass is 35.5. The molecule has 0 radical (unpaired) electrons. The van der Waals surface area contributed by atoms with Gasteiger partial charge in [0.2, 0.25) is 16.5 Å². The zero-order chi connectivity index (χ0) is 12.3. The lowest BCUT2D eigenvalue weighted by molar-refractivity contribution is 0.282. The Kier molecular flexibility index (Phi) is 3.73. The van der Waals surface area contributed by atoms with Crippen molar-refractivity contribution >= 4 is 34.8 Å². The molecule has 2 aromatic rings. The summed E-state index contributed by atoms with van der Waals surface area (Å²) < 4.78 is 0. The zero-order valence-corrected chi connectivity index (χ0v) is 10.1. The van der Waals surface area contributed by atoms with Crippen LogP contribution in [0.15, 0.2) is 24.3 Å². The highest BCUT2D eigenvalue weighted by Crippen LogP contribution is 2.19. The molecule has 1 aromatic heterocycles. The summed E-state index contributed by atoms with van der Waals surface area (Å²) in [6, 6.07) is 7.22. The molecule has 0 saturated carbocycles. The van der Waals surface area contributed by atoms with Crippen LogP contribution < -0.4 is 5.32 Å². The van der Waals surface area contributed by atoms with E-state index >= 15 is 0 Å². The number of anilines is 2. The van der Waals surface area contributed by atoms with Crippen LogP contribution in [0.5, 0.6) is 0 Å². The van der Waals surface area contributed by atoms with Gasteiger partial charge in [0.05, 0.1) is 6.61 Å². The van der Waals surface area contributed by atoms with Crippen molar-refractivity contribution in [2.45, 2.75) is 6.61 Å². The monoisotopic (exact) mass is 270 g/mol. The van der Waals surface area contributed by atoms with E-state index in [2.05, 4.69) is 20.3 Å². The summed E-state index contributed by atoms with van der Waals surface area (Å²) in [6.45, 7) is -0.0876. The van der Waals surface area contributed by atoms with E-state index in [0.29, 0.717) is 5.69 Å². The maximum Gasteiger partial charge on any atom is 0.232 e. The van der Waals surface area contributed by atoms with Crippen molar-refractivity contribution in [1.82, 2.24) is 15.0 Å². The standard InChI is InChI=1S/C10H8Cl2N4O/c11-8-14-9(12)16-10(15-8)13-7-4-2-1-3-6(7)5-17/h1-4,17H,5H2,(H,13,14,15,16). The summed E-state index contributed by atoms with van der Waals surface area (Å²) in [4.78, 5) is 11.4. The Hall–Kier alpha value is -1.43. The predicted molar refractivity (Wildman–Crippen MR) is 65.5 cm³/mol. The lowest BCUT2D eigenvalue weighted by atomic mass is 10.2. The van der Waals surface area contributed by atoms with Crippen LogP contribution in [0.4, 0.5) is 11.6 Å². The number of benzene rings is 1. The first-order valence-corrected chi connectivity index (χ1v) is 5.47. The molecule has 0 amide bonds. The molecule has 2 N–H and O–H groups in total. The molecule has 0 atom stereocenters. The van der Waals surface area contributed by atoms with Gasteiger partial charge < -0.3 is 10.4 Å². The van der Waals surface area contributed by atoms with Crippen LogP contribution in [0.25, 0.3) is 0 Å². The molecule has 88 valence electrons. The van der Waals surface area contributed by atoms with Gasteiger partial charge in [0.25, 0.3) is 0 Å². The van der Waals surface area contributed by atoms with Crippen LogP contribution >= 0.6 is 23.2 Å². The quantitative estimate of drug-likeness (QED) is 0.897. The van der Waals surface area contributed by atoms with Gasteiger partial charge in [-0.05, 0) is 29.3 Å². The number of nitrogens with one attached hydrogen (secondary N) is 1. The summed E-state index contributed by atoms with van der Waals surface area (Å²) in [5, 5.41) is 12.1. The Labute approximate surface area is 107 Å². The van der Waals surface area contributed by atoms with Crippen LogP contribution in [0.2, 0.25) is 10.6 Å². The van der Waals surface area contributed by atoms with Crippen LogP contribution in [0.1, 0.15) is 5.56 Å². The Bertz CT molecular complexity index is 515. The molecule has 0 aliphatic heterocycles. The van der Waals surface area contributed by atoms with Gasteiger partial charge in [0.1, 0.15) is 0 Å². The maximum atomic E-state index is 9.16. The lowest BCUT2D eigenvalue weighted by Gasteiger charge is -2.08. The number of halogens is 2. The molecule has 0 fully saturated rings. The Morgan fingerprint density at radius 1 is 1.06 bits per heavy atom. The lowest BCUT2D eigenvalue weighted by Crippen LogP contribution is -2.01. The number of hydrogen-bond acceptors (Lipinski definition) is 5. The zero-order valence-electron chi connectivity index (χ0n) is 8.56. The summed E-state index contributed by atoms with van der Waals surface area (Å²) in [7, 11) is 0. The highest BCUT2D eigenvalue weighted by molar-refractivity contribution is 6.31. The topological polar surface area (TPSA) is 70.9 Å². The smallest absolute Gasteiger partial charge is 0.232 e. The van der Waals surface area contributed by atoms with E-state index in [4.69, 9.17) is 28.3 Å². The first-order valence-electron chi connectivity index (χ1n) is 4.72. The second-order valence-electron chi connectivity index (χ2n) is 3.14. The number of hydrogen-bond donors (Lipinski definition) is 2. The van der Waals surface area contributed by atoms with Gasteiger partial charge in [0, 0.05) is 11.3 Å². The molecule has 5 nitrogen and oxygen atoms in total. The van der Waals surface area contributed by atoms with Crippen molar-refractivity contribution in [3.8, 4) is 0 Å². The number of aliphatic hydroxyl groups is 1. The molecule has 2 rings (SSSR count). The third-order valence-electron chi connectivity index (χ3n) is 2.02. The minimum atomic E-state index is -0.0876. The molecule has 17 heavy (non-hydrogen) atoms. The minimum absolute atomic E-state index is 0.00831. The third kappa shape index (κ3) is 3.03. The second-order valence-corrected chi connectivity index (χ2v) is 3.81. The van der Waals surface area contributed by atoms with E-state index in [1.54, 1.807) is 12.1 Å². The molecule has 0 saturated heterocycles. The average molecular weight is 271 g/mol. The van der Waals surface area contributed by atoms with Crippen LogP contribution in [-0.4, -0.2) is 20.1 Å². The van der Waals surface area contributed by atoms with Crippen molar-refractivity contribution in [3.63, 3.8) is 0 Å². The molecular weight excluding hydrogens is 263 g/mol. The van der Waals surface area contributed by atoms with Crippen LogP contribution in [0, 0.1) is 0 Å². The Morgan fingerprint density at radius 3 is 2.35 bits per heavy atom. The SMILES string of the molecule is OCc1ccccc1Nc1nc(Cl)nc(Cl)n1. The molecule has 0 aliphatic rings. The van der Waals surface area contributed by atoms with Gasteiger partial charge in [-0.2, -0.15) is 15.0 Å². The third-order valence-corrected chi connectivity index (χ3v) is 2.35. The molecule has 1 heterocycles. The largest absolute Gasteiger partial charge is 0.392 e. The van der Waals surface area contributed by atoms with Crippen molar-refractivity contribution in [2.75, 3.05) is 5.32 Å². The van der Waals surface area contributed by atoms with Gasteiger partial charge in [-0.15, -0.1) is 0 Å². The van der Waals surface area contributed by atoms with Gasteiger partial charge in [-0.1, -0.05) is 18.2 Å². The van der Waals surface area contributed by atoms with E-state index in [0.717, 1.165) is 5.56 Å². The summed E-state index contributed by atoms with van der Waals surface area (Å²) >= 11 is 11.3. The van der Waals surface area contributed by atoms with Crippen molar-refractivity contribution in [2.24, 2.45) is 0 Å². The summed E-state index contributed by atoms with van der Waals surface area (Å²) in [5.74, 6) is 0.232. The molecule has 0 spiro atoms. The van der Waals surface area contributed by atoms with Gasteiger partial charge in [-0.25, -0.2) is 0 Å². The van der Waals surface area contributed by atoms with E-state index < -0.39 is 0 Å². The van der Waals surface area contributed by atoms with E-state index in [9.17, 15) is 0 Å². The van der Waals surface area contributed by atoms with E-state index in [1.807, 2.05) is 12.1 Å².